The van der Waals surface area contributed by atoms with Crippen molar-refractivity contribution in [3.8, 4) is 11.5 Å². The van der Waals surface area contributed by atoms with Crippen LogP contribution in [0.25, 0.3) is 0 Å². The smallest absolute Gasteiger partial charge is 0.240 e. The zero-order valence-electron chi connectivity index (χ0n) is 17.5. The third-order valence-electron chi connectivity index (χ3n) is 4.34. The van der Waals surface area contributed by atoms with Gasteiger partial charge in [-0.05, 0) is 43.6 Å². The van der Waals surface area contributed by atoms with Gasteiger partial charge in [-0.15, -0.1) is 11.8 Å². The van der Waals surface area contributed by atoms with E-state index in [1.807, 2.05) is 12.3 Å². The molecule has 0 fully saturated rings. The molecule has 0 saturated carbocycles. The molecule has 0 aliphatic carbocycles. The summed E-state index contributed by atoms with van der Waals surface area (Å²) < 4.78 is 37.2. The number of nitrogens with one attached hydrogen (secondary N) is 3. The van der Waals surface area contributed by atoms with E-state index >= 15 is 0 Å². The van der Waals surface area contributed by atoms with Crippen LogP contribution < -0.4 is 24.8 Å². The Kier molecular flexibility index (Phi) is 7.21. The molecule has 0 unspecified atom stereocenters. The maximum Gasteiger partial charge on any atom is 0.240 e. The van der Waals surface area contributed by atoms with E-state index in [1.165, 1.54) is 25.1 Å². The molecule has 3 N–H and O–H groups in total. The van der Waals surface area contributed by atoms with Gasteiger partial charge in [-0.2, -0.15) is 0 Å². The molecular formula is C20H23N5O4S2. The first-order valence-electron chi connectivity index (χ1n) is 9.10. The van der Waals surface area contributed by atoms with Crippen molar-refractivity contribution in [3.05, 3.63) is 48.8 Å². The second-order valence-electron chi connectivity index (χ2n) is 6.18. The van der Waals surface area contributed by atoms with Gasteiger partial charge in [0.25, 0.3) is 0 Å². The van der Waals surface area contributed by atoms with Crippen molar-refractivity contribution in [2.75, 3.05) is 38.2 Å². The molecule has 3 rings (SSSR count). The number of sulfonamides is 1. The summed E-state index contributed by atoms with van der Waals surface area (Å²) in [5, 5.41) is 6.37. The van der Waals surface area contributed by atoms with Gasteiger partial charge < -0.3 is 20.1 Å². The molecule has 9 nitrogen and oxygen atoms in total. The molecule has 2 aromatic carbocycles. The van der Waals surface area contributed by atoms with Gasteiger partial charge in [-0.25, -0.2) is 23.1 Å². The molecule has 0 aliphatic rings. The van der Waals surface area contributed by atoms with Gasteiger partial charge in [0.2, 0.25) is 10.0 Å². The topological polar surface area (TPSA) is 114 Å². The summed E-state index contributed by atoms with van der Waals surface area (Å²) in [5.74, 6) is 2.27. The fourth-order valence-corrected chi connectivity index (χ4v) is 4.05. The molecule has 164 valence electrons. The molecule has 0 radical (unpaired) electrons. The van der Waals surface area contributed by atoms with Gasteiger partial charge in [0.05, 0.1) is 24.8 Å². The van der Waals surface area contributed by atoms with Crippen LogP contribution >= 0.6 is 11.8 Å². The van der Waals surface area contributed by atoms with Crippen LogP contribution in [-0.2, 0) is 10.0 Å². The molecule has 0 bridgehead atoms. The number of hydrogen-bond acceptors (Lipinski definition) is 9. The molecule has 31 heavy (non-hydrogen) atoms. The summed E-state index contributed by atoms with van der Waals surface area (Å²) in [6, 6.07) is 12.0. The Labute approximate surface area is 185 Å². The lowest BCUT2D eigenvalue weighted by molar-refractivity contribution is 0.355. The van der Waals surface area contributed by atoms with Gasteiger partial charge in [0, 0.05) is 22.7 Å². The number of thioether (sulfide) groups is 1. The Hall–Kier alpha value is -3.02. The van der Waals surface area contributed by atoms with E-state index in [4.69, 9.17) is 9.47 Å². The molecule has 0 amide bonds. The summed E-state index contributed by atoms with van der Waals surface area (Å²) in [5.41, 5.74) is 1.38. The Bertz CT molecular complexity index is 1170. The zero-order chi connectivity index (χ0) is 22.4. The van der Waals surface area contributed by atoms with Gasteiger partial charge >= 0.3 is 0 Å². The minimum Gasteiger partial charge on any atom is -0.493 e. The van der Waals surface area contributed by atoms with Crippen molar-refractivity contribution in [1.29, 1.82) is 0 Å². The fraction of sp³-hybridized carbons (Fsp3) is 0.200. The minimum absolute atomic E-state index is 0.160. The molecule has 1 aromatic heterocycles. The van der Waals surface area contributed by atoms with Crippen LogP contribution in [-0.4, -0.2) is 45.9 Å². The highest BCUT2D eigenvalue weighted by molar-refractivity contribution is 7.98. The Morgan fingerprint density at radius 1 is 0.903 bits per heavy atom. The number of anilines is 4. The first kappa shape index (κ1) is 22.7. The number of benzene rings is 2. The lowest BCUT2D eigenvalue weighted by atomic mass is 10.2. The van der Waals surface area contributed by atoms with E-state index < -0.39 is 10.0 Å². The summed E-state index contributed by atoms with van der Waals surface area (Å²) >= 11 is 1.49. The van der Waals surface area contributed by atoms with E-state index in [0.29, 0.717) is 28.8 Å². The van der Waals surface area contributed by atoms with Crippen LogP contribution in [0.3, 0.4) is 0 Å². The van der Waals surface area contributed by atoms with Crippen molar-refractivity contribution in [1.82, 2.24) is 14.7 Å². The highest BCUT2D eigenvalue weighted by atomic mass is 32.2. The number of methoxy groups -OCH3 is 2. The van der Waals surface area contributed by atoms with Crippen molar-refractivity contribution < 1.29 is 17.9 Å². The number of rotatable bonds is 9. The number of ether oxygens (including phenoxy) is 2. The van der Waals surface area contributed by atoms with Gasteiger partial charge in [-0.1, -0.05) is 0 Å². The standard InChI is InChI=1S/C20H23N5O4S2/c1-21-31(26,27)14-6-8-18(30-4)15(10-14)25-20-11-19(22-12-23-20)24-13-5-7-16(28-2)17(9-13)29-3/h5-12,21H,1-4H3,(H2,22,23,24,25). The van der Waals surface area contributed by atoms with Crippen molar-refractivity contribution in [2.24, 2.45) is 0 Å². The van der Waals surface area contributed by atoms with Gasteiger partial charge in [-0.3, -0.25) is 0 Å². The molecule has 0 aliphatic heterocycles. The summed E-state index contributed by atoms with van der Waals surface area (Å²) in [7, 11) is 0.957. The van der Waals surface area contributed by atoms with Crippen molar-refractivity contribution in [2.45, 2.75) is 9.79 Å². The molecule has 0 atom stereocenters. The maximum atomic E-state index is 12.2. The maximum absolute atomic E-state index is 12.2. The average Bonchev–Trinajstić information content (AvgIpc) is 2.79. The Morgan fingerprint density at radius 2 is 1.61 bits per heavy atom. The number of hydrogen-bond donors (Lipinski definition) is 3. The normalized spacial score (nSPS) is 11.1. The van der Waals surface area contributed by atoms with Gasteiger partial charge in [0.1, 0.15) is 18.0 Å². The summed E-state index contributed by atoms with van der Waals surface area (Å²) in [6.45, 7) is 0. The predicted molar refractivity (Wildman–Crippen MR) is 123 cm³/mol. The Morgan fingerprint density at radius 3 is 2.26 bits per heavy atom. The van der Waals surface area contributed by atoms with Gasteiger partial charge in [0.15, 0.2) is 11.5 Å². The first-order chi connectivity index (χ1) is 14.9. The second kappa shape index (κ2) is 9.86. The first-order valence-corrected chi connectivity index (χ1v) is 11.8. The van der Waals surface area contributed by atoms with E-state index in [2.05, 4.69) is 25.3 Å². The second-order valence-corrected chi connectivity index (χ2v) is 8.91. The van der Waals surface area contributed by atoms with Crippen LogP contribution in [0, 0.1) is 0 Å². The van der Waals surface area contributed by atoms with E-state index in [0.717, 1.165) is 10.6 Å². The van der Waals surface area contributed by atoms with Crippen LogP contribution in [0.2, 0.25) is 0 Å². The molecule has 3 aromatic rings. The predicted octanol–water partition coefficient (Wildman–Crippen LogP) is 3.61. The van der Waals surface area contributed by atoms with Crippen molar-refractivity contribution >= 4 is 44.8 Å². The molecule has 11 heteroatoms. The minimum atomic E-state index is -3.57. The number of aromatic nitrogens is 2. The highest BCUT2D eigenvalue weighted by Crippen LogP contribution is 2.32. The molecular weight excluding hydrogens is 438 g/mol. The zero-order valence-corrected chi connectivity index (χ0v) is 19.1. The van der Waals surface area contributed by atoms with E-state index in [1.54, 1.807) is 50.6 Å². The van der Waals surface area contributed by atoms with Crippen LogP contribution in [0.15, 0.2) is 58.6 Å². The van der Waals surface area contributed by atoms with Crippen LogP contribution in [0.1, 0.15) is 0 Å². The largest absolute Gasteiger partial charge is 0.493 e. The Balaban J connectivity index is 1.87. The lowest BCUT2D eigenvalue weighted by Crippen LogP contribution is -2.18. The monoisotopic (exact) mass is 461 g/mol. The van der Waals surface area contributed by atoms with E-state index in [-0.39, 0.29) is 4.90 Å². The molecule has 0 saturated heterocycles. The quantitative estimate of drug-likeness (QED) is 0.411. The van der Waals surface area contributed by atoms with Crippen LogP contribution in [0.4, 0.5) is 23.0 Å². The SMILES string of the molecule is CNS(=O)(=O)c1ccc(SC)c(Nc2cc(Nc3ccc(OC)c(OC)c3)ncn2)c1. The molecule has 1 heterocycles. The van der Waals surface area contributed by atoms with Crippen LogP contribution in [0.5, 0.6) is 11.5 Å². The summed E-state index contributed by atoms with van der Waals surface area (Å²) in [4.78, 5) is 9.52. The summed E-state index contributed by atoms with van der Waals surface area (Å²) in [6.07, 6.45) is 3.33. The third-order valence-corrected chi connectivity index (χ3v) is 6.54. The van der Waals surface area contributed by atoms with Crippen molar-refractivity contribution in [3.63, 3.8) is 0 Å². The number of nitrogens with zero attached hydrogens (tertiary/aromatic N) is 2. The average molecular weight is 462 g/mol. The fourth-order valence-electron chi connectivity index (χ4n) is 2.76. The van der Waals surface area contributed by atoms with E-state index in [9.17, 15) is 8.42 Å². The molecule has 0 spiro atoms. The highest BCUT2D eigenvalue weighted by Gasteiger charge is 2.14. The third kappa shape index (κ3) is 5.37. The lowest BCUT2D eigenvalue weighted by Gasteiger charge is -2.14.